The zero-order chi connectivity index (χ0) is 19.6. The first-order valence-corrected chi connectivity index (χ1v) is 13.1. The minimum Gasteiger partial charge on any atom is -0.771 e. The van der Waals surface area contributed by atoms with Crippen LogP contribution < -0.4 is 0 Å². The van der Waals surface area contributed by atoms with Crippen LogP contribution in [0.15, 0.2) is 0 Å². The third kappa shape index (κ3) is 5.57. The average Bonchev–Trinajstić information content (AvgIpc) is 2.46. The number of aliphatic hydroxyl groups excluding tert-OH is 1. The van der Waals surface area contributed by atoms with E-state index < -0.39 is 24.3 Å². The highest BCUT2D eigenvalue weighted by Gasteiger charge is 2.41. The topological polar surface area (TPSA) is 76.1 Å². The molecular formula is C17H37N2O4SSi-. The Bertz CT molecular complexity index is 460. The van der Waals surface area contributed by atoms with Gasteiger partial charge in [0.2, 0.25) is 0 Å². The molecule has 0 spiro atoms. The van der Waals surface area contributed by atoms with Crippen molar-refractivity contribution in [3.05, 3.63) is 0 Å². The second-order valence-corrected chi connectivity index (χ2v) is 15.3. The first-order chi connectivity index (χ1) is 11.2. The lowest BCUT2D eigenvalue weighted by molar-refractivity contribution is -0.00482. The summed E-state index contributed by atoms with van der Waals surface area (Å²) in [5.74, 6) is 0. The molecule has 0 aromatic heterocycles. The molecule has 0 radical (unpaired) electrons. The highest BCUT2D eigenvalue weighted by atomic mass is 32.2. The van der Waals surface area contributed by atoms with E-state index >= 15 is 0 Å². The molecule has 1 aliphatic heterocycles. The third-order valence-corrected chi connectivity index (χ3v) is 11.6. The molecular weight excluding hydrogens is 356 g/mol. The number of aliphatic hydroxyl groups is 1. The van der Waals surface area contributed by atoms with Gasteiger partial charge in [-0.05, 0) is 50.0 Å². The summed E-state index contributed by atoms with van der Waals surface area (Å²) in [6, 6.07) is -0.0582. The minimum atomic E-state index is -2.14. The van der Waals surface area contributed by atoms with Gasteiger partial charge in [-0.25, -0.2) is 0 Å². The molecule has 0 aliphatic carbocycles. The van der Waals surface area contributed by atoms with E-state index in [1.165, 1.54) is 0 Å². The zero-order valence-corrected chi connectivity index (χ0v) is 19.0. The number of rotatable bonds is 7. The van der Waals surface area contributed by atoms with Crippen LogP contribution in [0.2, 0.25) is 18.1 Å². The monoisotopic (exact) mass is 393 g/mol. The van der Waals surface area contributed by atoms with Gasteiger partial charge in [0, 0.05) is 26.2 Å². The van der Waals surface area contributed by atoms with E-state index in [1.807, 2.05) is 11.8 Å². The van der Waals surface area contributed by atoms with Gasteiger partial charge in [-0.1, -0.05) is 20.8 Å². The van der Waals surface area contributed by atoms with Gasteiger partial charge in [0.25, 0.3) is 0 Å². The fourth-order valence-electron chi connectivity index (χ4n) is 2.98. The van der Waals surface area contributed by atoms with Crippen molar-refractivity contribution in [1.82, 2.24) is 9.80 Å². The fourth-order valence-corrected chi connectivity index (χ4v) is 4.81. The highest BCUT2D eigenvalue weighted by molar-refractivity contribution is 7.80. The molecule has 150 valence electrons. The van der Waals surface area contributed by atoms with Crippen molar-refractivity contribution in [3.8, 4) is 0 Å². The Kier molecular flexibility index (Phi) is 7.85. The van der Waals surface area contributed by atoms with Crippen LogP contribution in [-0.2, 0) is 15.5 Å². The smallest absolute Gasteiger partial charge is 0.192 e. The molecule has 1 saturated heterocycles. The highest BCUT2D eigenvalue weighted by Crippen LogP contribution is 2.38. The lowest BCUT2D eigenvalue weighted by atomic mass is 10.1. The van der Waals surface area contributed by atoms with Crippen molar-refractivity contribution >= 4 is 19.4 Å². The predicted molar refractivity (Wildman–Crippen MR) is 105 cm³/mol. The summed E-state index contributed by atoms with van der Waals surface area (Å²) in [4.78, 5) is 3.36. The maximum atomic E-state index is 11.4. The normalized spacial score (nSPS) is 22.6. The molecule has 3 atom stereocenters. The average molecular weight is 394 g/mol. The van der Waals surface area contributed by atoms with Crippen LogP contribution in [0, 0.1) is 0 Å². The van der Waals surface area contributed by atoms with Crippen LogP contribution in [0.3, 0.4) is 0 Å². The summed E-state index contributed by atoms with van der Waals surface area (Å²) in [5, 5.41) is 10.1. The van der Waals surface area contributed by atoms with Crippen molar-refractivity contribution in [3.63, 3.8) is 0 Å². The standard InChI is InChI=1S/C17H38N2O4SSi/c1-14(23-25(7,8)16(2,3)4)15(13-20)18-9-11-19(12-10-18)17(5,6)24(21)22/h14-15,20H,9-13H2,1-8H3,(H,21,22)/p-1/t14-,15-/m1/s1. The lowest BCUT2D eigenvalue weighted by Crippen LogP contribution is -2.61. The van der Waals surface area contributed by atoms with Crippen LogP contribution in [0.1, 0.15) is 41.5 Å². The molecule has 25 heavy (non-hydrogen) atoms. The van der Waals surface area contributed by atoms with E-state index in [0.717, 1.165) is 13.1 Å². The Morgan fingerprint density at radius 1 is 1.16 bits per heavy atom. The lowest BCUT2D eigenvalue weighted by Gasteiger charge is -2.48. The summed E-state index contributed by atoms with van der Waals surface area (Å²) in [5.41, 5.74) is 0. The number of nitrogens with zero attached hydrogens (tertiary/aromatic N) is 2. The van der Waals surface area contributed by atoms with Gasteiger partial charge in [0.1, 0.15) is 0 Å². The maximum Gasteiger partial charge on any atom is 0.192 e. The summed E-state index contributed by atoms with van der Waals surface area (Å²) in [7, 11) is -1.90. The summed E-state index contributed by atoms with van der Waals surface area (Å²) in [6.45, 7) is 19.5. The van der Waals surface area contributed by atoms with E-state index in [2.05, 4.69) is 38.8 Å². The Hall–Kier alpha value is 0.167. The quantitative estimate of drug-likeness (QED) is 0.527. The second-order valence-electron chi connectivity index (χ2n) is 9.04. The molecule has 1 aliphatic rings. The van der Waals surface area contributed by atoms with Crippen LogP contribution >= 0.6 is 0 Å². The van der Waals surface area contributed by atoms with Crippen molar-refractivity contribution in [1.29, 1.82) is 0 Å². The third-order valence-electron chi connectivity index (χ3n) is 5.97. The molecule has 0 amide bonds. The number of hydrogen-bond donors (Lipinski definition) is 1. The van der Waals surface area contributed by atoms with Crippen molar-refractivity contribution in [2.45, 2.75) is 76.7 Å². The van der Waals surface area contributed by atoms with E-state index in [9.17, 15) is 13.9 Å². The van der Waals surface area contributed by atoms with E-state index in [1.54, 1.807) is 13.8 Å². The van der Waals surface area contributed by atoms with E-state index in [4.69, 9.17) is 4.43 Å². The van der Waals surface area contributed by atoms with Gasteiger partial charge >= 0.3 is 0 Å². The molecule has 1 fully saturated rings. The molecule has 1 heterocycles. The first-order valence-electron chi connectivity index (χ1n) is 9.11. The van der Waals surface area contributed by atoms with Gasteiger partial charge < -0.3 is 14.1 Å². The summed E-state index contributed by atoms with van der Waals surface area (Å²) >= 11 is -2.14. The minimum absolute atomic E-state index is 0.0483. The van der Waals surface area contributed by atoms with E-state index in [-0.39, 0.29) is 23.8 Å². The molecule has 0 saturated carbocycles. The van der Waals surface area contributed by atoms with E-state index in [0.29, 0.717) is 13.1 Å². The van der Waals surface area contributed by atoms with Crippen LogP contribution in [0.4, 0.5) is 0 Å². The largest absolute Gasteiger partial charge is 0.771 e. The molecule has 1 N–H and O–H groups in total. The Balaban J connectivity index is 2.72. The van der Waals surface area contributed by atoms with Gasteiger partial charge in [-0.15, -0.1) is 0 Å². The fraction of sp³-hybridized carbons (Fsp3) is 1.00. The van der Waals surface area contributed by atoms with Crippen molar-refractivity contribution < 1.29 is 18.3 Å². The van der Waals surface area contributed by atoms with Gasteiger partial charge in [0.05, 0.1) is 23.6 Å². The molecule has 0 bridgehead atoms. The predicted octanol–water partition coefficient (Wildman–Crippen LogP) is 1.99. The SMILES string of the molecule is C[C@@H](O[Si](C)(C)C(C)(C)C)[C@@H](CO)N1CCN(C(C)(C)S(=O)[O-])CC1. The Labute approximate surface area is 157 Å². The van der Waals surface area contributed by atoms with Crippen LogP contribution in [0.5, 0.6) is 0 Å². The summed E-state index contributed by atoms with van der Waals surface area (Å²) in [6.07, 6.45) is -0.0564. The van der Waals surface area contributed by atoms with Crippen molar-refractivity contribution in [2.75, 3.05) is 32.8 Å². The van der Waals surface area contributed by atoms with Crippen LogP contribution in [0.25, 0.3) is 0 Å². The summed E-state index contributed by atoms with van der Waals surface area (Å²) < 4.78 is 29.3. The number of hydrogen-bond acceptors (Lipinski definition) is 6. The second kappa shape index (κ2) is 8.46. The molecule has 6 nitrogen and oxygen atoms in total. The maximum absolute atomic E-state index is 11.4. The molecule has 0 aromatic carbocycles. The zero-order valence-electron chi connectivity index (χ0n) is 17.2. The van der Waals surface area contributed by atoms with Crippen LogP contribution in [-0.4, -0.2) is 81.8 Å². The number of piperazine rings is 1. The van der Waals surface area contributed by atoms with Gasteiger partial charge in [-0.2, -0.15) is 0 Å². The molecule has 8 heteroatoms. The molecule has 1 rings (SSSR count). The first kappa shape index (κ1) is 23.2. The van der Waals surface area contributed by atoms with Gasteiger partial charge in [0.15, 0.2) is 8.32 Å². The van der Waals surface area contributed by atoms with Crippen molar-refractivity contribution in [2.24, 2.45) is 0 Å². The van der Waals surface area contributed by atoms with Gasteiger partial charge in [-0.3, -0.25) is 14.0 Å². The Morgan fingerprint density at radius 2 is 1.64 bits per heavy atom. The Morgan fingerprint density at radius 3 is 2.00 bits per heavy atom. The molecule has 1 unspecified atom stereocenters. The molecule has 0 aromatic rings.